The first-order chi connectivity index (χ1) is 8.31. The highest BCUT2D eigenvalue weighted by atomic mass is 32.2. The van der Waals surface area contributed by atoms with Gasteiger partial charge in [0.05, 0.1) is 5.60 Å². The lowest BCUT2D eigenvalue weighted by Crippen LogP contribution is -2.38. The molecule has 18 heavy (non-hydrogen) atoms. The van der Waals surface area contributed by atoms with Crippen LogP contribution in [0, 0.1) is 0 Å². The van der Waals surface area contributed by atoms with E-state index in [9.17, 15) is 9.32 Å². The van der Waals surface area contributed by atoms with Gasteiger partial charge in [-0.1, -0.05) is 19.1 Å². The Balaban J connectivity index is 2.67. The maximum absolute atomic E-state index is 11.3. The van der Waals surface area contributed by atoms with Crippen molar-refractivity contribution in [2.75, 3.05) is 19.3 Å². The standard InChI is InChI=1S/C14H23NO2S/c1-5-15(11-14(2,3)16)10-12-6-8-13(9-7-12)18(4)17/h6-9,16H,5,10-11H2,1-4H3. The van der Waals surface area contributed by atoms with Gasteiger partial charge >= 0.3 is 0 Å². The number of rotatable bonds is 6. The van der Waals surface area contributed by atoms with Crippen LogP contribution < -0.4 is 0 Å². The van der Waals surface area contributed by atoms with Crippen molar-refractivity contribution in [1.29, 1.82) is 0 Å². The highest BCUT2D eigenvalue weighted by Crippen LogP contribution is 2.12. The van der Waals surface area contributed by atoms with E-state index in [4.69, 9.17) is 0 Å². The van der Waals surface area contributed by atoms with E-state index >= 15 is 0 Å². The molecule has 1 N–H and O–H groups in total. The molecule has 0 aromatic heterocycles. The van der Waals surface area contributed by atoms with Gasteiger partial charge in [-0.25, -0.2) is 0 Å². The van der Waals surface area contributed by atoms with Crippen molar-refractivity contribution in [2.45, 2.75) is 37.8 Å². The van der Waals surface area contributed by atoms with Crippen molar-refractivity contribution in [3.05, 3.63) is 29.8 Å². The first-order valence-electron chi connectivity index (χ1n) is 6.19. The molecule has 0 aliphatic rings. The summed E-state index contributed by atoms with van der Waals surface area (Å²) >= 11 is 0. The zero-order valence-corrected chi connectivity index (χ0v) is 12.5. The molecule has 0 fully saturated rings. The fraction of sp³-hybridized carbons (Fsp3) is 0.571. The molecule has 1 atom stereocenters. The van der Waals surface area contributed by atoms with Gasteiger partial charge in [0.15, 0.2) is 0 Å². The molecule has 1 aromatic rings. The van der Waals surface area contributed by atoms with Gasteiger partial charge in [-0.05, 0) is 38.1 Å². The van der Waals surface area contributed by atoms with Crippen LogP contribution >= 0.6 is 0 Å². The highest BCUT2D eigenvalue weighted by Gasteiger charge is 2.17. The van der Waals surface area contributed by atoms with Crippen LogP contribution in [0.25, 0.3) is 0 Å². The van der Waals surface area contributed by atoms with Gasteiger partial charge in [0, 0.05) is 35.0 Å². The van der Waals surface area contributed by atoms with Crippen LogP contribution in [0.1, 0.15) is 26.3 Å². The molecule has 3 nitrogen and oxygen atoms in total. The Morgan fingerprint density at radius 3 is 2.22 bits per heavy atom. The lowest BCUT2D eigenvalue weighted by atomic mass is 10.1. The van der Waals surface area contributed by atoms with E-state index in [1.54, 1.807) is 6.26 Å². The molecular weight excluding hydrogens is 246 g/mol. The van der Waals surface area contributed by atoms with E-state index in [2.05, 4.69) is 11.8 Å². The van der Waals surface area contributed by atoms with Crippen LogP contribution in [-0.4, -0.2) is 39.2 Å². The largest absolute Gasteiger partial charge is 0.389 e. The van der Waals surface area contributed by atoms with E-state index in [1.807, 2.05) is 38.1 Å². The normalized spacial score (nSPS) is 13.9. The molecular formula is C14H23NO2S. The predicted octanol–water partition coefficient (Wildman–Crippen LogP) is 2.02. The zero-order chi connectivity index (χ0) is 13.8. The summed E-state index contributed by atoms with van der Waals surface area (Å²) in [6.07, 6.45) is 1.68. The van der Waals surface area contributed by atoms with Gasteiger partial charge in [-0.15, -0.1) is 0 Å². The van der Waals surface area contributed by atoms with Crippen molar-refractivity contribution in [3.8, 4) is 0 Å². The van der Waals surface area contributed by atoms with Crippen molar-refractivity contribution < 1.29 is 9.32 Å². The summed E-state index contributed by atoms with van der Waals surface area (Å²) in [5, 5.41) is 9.83. The second-order valence-electron chi connectivity index (χ2n) is 5.21. The third kappa shape index (κ3) is 5.29. The summed E-state index contributed by atoms with van der Waals surface area (Å²) in [6.45, 7) is 8.06. The Morgan fingerprint density at radius 1 is 1.28 bits per heavy atom. The van der Waals surface area contributed by atoms with Crippen molar-refractivity contribution in [3.63, 3.8) is 0 Å². The number of likely N-dealkylation sites (N-methyl/N-ethyl adjacent to an activating group) is 1. The van der Waals surface area contributed by atoms with Gasteiger partial charge in [0.1, 0.15) is 0 Å². The molecule has 0 bridgehead atoms. The Bertz CT molecular complexity index is 395. The van der Waals surface area contributed by atoms with Crippen molar-refractivity contribution >= 4 is 10.8 Å². The first-order valence-corrected chi connectivity index (χ1v) is 7.74. The van der Waals surface area contributed by atoms with E-state index in [-0.39, 0.29) is 0 Å². The SMILES string of the molecule is CCN(Cc1ccc(S(C)=O)cc1)CC(C)(C)O. The van der Waals surface area contributed by atoms with Gasteiger partial charge < -0.3 is 5.11 Å². The summed E-state index contributed by atoms with van der Waals surface area (Å²) < 4.78 is 11.3. The van der Waals surface area contributed by atoms with Gasteiger partial charge in [-0.3, -0.25) is 9.11 Å². The minimum atomic E-state index is -0.921. The second-order valence-corrected chi connectivity index (χ2v) is 6.59. The van der Waals surface area contributed by atoms with Crippen LogP contribution in [0.4, 0.5) is 0 Å². The molecule has 0 saturated heterocycles. The van der Waals surface area contributed by atoms with Crippen molar-refractivity contribution in [1.82, 2.24) is 4.90 Å². The van der Waals surface area contributed by atoms with Gasteiger partial charge in [0.2, 0.25) is 0 Å². The summed E-state index contributed by atoms with van der Waals surface area (Å²) in [5.74, 6) is 0. The van der Waals surface area contributed by atoms with E-state index < -0.39 is 16.4 Å². The monoisotopic (exact) mass is 269 g/mol. The van der Waals surface area contributed by atoms with Gasteiger partial charge in [-0.2, -0.15) is 0 Å². The molecule has 1 unspecified atom stereocenters. The average Bonchev–Trinajstić information content (AvgIpc) is 2.27. The molecule has 0 aliphatic carbocycles. The van der Waals surface area contributed by atoms with E-state index in [0.717, 1.165) is 18.0 Å². The Hall–Kier alpha value is -0.710. The molecule has 4 heteroatoms. The van der Waals surface area contributed by atoms with E-state index in [1.165, 1.54) is 5.56 Å². The Morgan fingerprint density at radius 2 is 1.83 bits per heavy atom. The van der Waals surface area contributed by atoms with Gasteiger partial charge in [0.25, 0.3) is 0 Å². The lowest BCUT2D eigenvalue weighted by molar-refractivity contribution is 0.0353. The Kier molecular flexibility index (Phi) is 5.50. The minimum Gasteiger partial charge on any atom is -0.389 e. The third-order valence-corrected chi connectivity index (χ3v) is 3.66. The van der Waals surface area contributed by atoms with E-state index in [0.29, 0.717) is 6.54 Å². The molecule has 1 rings (SSSR count). The fourth-order valence-corrected chi connectivity index (χ4v) is 2.39. The highest BCUT2D eigenvalue weighted by molar-refractivity contribution is 7.84. The minimum absolute atomic E-state index is 0.644. The third-order valence-electron chi connectivity index (χ3n) is 2.72. The molecule has 0 aliphatic heterocycles. The second kappa shape index (κ2) is 6.45. The molecule has 0 spiro atoms. The summed E-state index contributed by atoms with van der Waals surface area (Å²) in [6, 6.07) is 7.82. The number of hydrogen-bond donors (Lipinski definition) is 1. The number of nitrogens with zero attached hydrogens (tertiary/aromatic N) is 1. The fourth-order valence-electron chi connectivity index (χ4n) is 1.87. The maximum Gasteiger partial charge on any atom is 0.0718 e. The number of aliphatic hydroxyl groups is 1. The predicted molar refractivity (Wildman–Crippen MR) is 76.0 cm³/mol. The first kappa shape index (κ1) is 15.3. The number of benzene rings is 1. The lowest BCUT2D eigenvalue weighted by Gasteiger charge is -2.28. The van der Waals surface area contributed by atoms with Crippen LogP contribution in [0.3, 0.4) is 0 Å². The number of hydrogen-bond acceptors (Lipinski definition) is 3. The molecule has 0 saturated carbocycles. The molecule has 0 radical (unpaired) electrons. The molecule has 0 amide bonds. The quantitative estimate of drug-likeness (QED) is 0.859. The zero-order valence-electron chi connectivity index (χ0n) is 11.6. The summed E-state index contributed by atoms with van der Waals surface area (Å²) in [7, 11) is -0.921. The van der Waals surface area contributed by atoms with Crippen LogP contribution in [0.2, 0.25) is 0 Å². The maximum atomic E-state index is 11.3. The van der Waals surface area contributed by atoms with Crippen molar-refractivity contribution in [2.24, 2.45) is 0 Å². The average molecular weight is 269 g/mol. The molecule has 102 valence electrons. The smallest absolute Gasteiger partial charge is 0.0718 e. The van der Waals surface area contributed by atoms with Crippen LogP contribution in [-0.2, 0) is 17.3 Å². The van der Waals surface area contributed by atoms with Crippen LogP contribution in [0.15, 0.2) is 29.2 Å². The topological polar surface area (TPSA) is 40.5 Å². The Labute approximate surface area is 112 Å². The van der Waals surface area contributed by atoms with Crippen LogP contribution in [0.5, 0.6) is 0 Å². The summed E-state index contributed by atoms with van der Waals surface area (Å²) in [4.78, 5) is 3.04. The molecule has 0 heterocycles. The summed E-state index contributed by atoms with van der Waals surface area (Å²) in [5.41, 5.74) is 0.497. The molecule has 1 aromatic carbocycles.